The largest absolute Gasteiger partial charge is 0.461 e. The van der Waals surface area contributed by atoms with E-state index in [-0.39, 0.29) is 12.1 Å². The third-order valence-electron chi connectivity index (χ3n) is 6.64. The van der Waals surface area contributed by atoms with Crippen molar-refractivity contribution in [3.63, 3.8) is 0 Å². The number of hydrogen-bond donors (Lipinski definition) is 1. The zero-order valence-electron chi connectivity index (χ0n) is 21.9. The van der Waals surface area contributed by atoms with Crippen molar-refractivity contribution in [2.24, 2.45) is 5.73 Å². The van der Waals surface area contributed by atoms with Crippen LogP contribution in [0, 0.1) is 0 Å². The maximum Gasteiger partial charge on any atom is 0.323 e. The molecule has 1 rings (SSSR count). The molecule has 0 saturated heterocycles. The summed E-state index contributed by atoms with van der Waals surface area (Å²) in [5.74, 6) is -0.233. The second kappa shape index (κ2) is 21.2. The van der Waals surface area contributed by atoms with Gasteiger partial charge in [-0.25, -0.2) is 0 Å². The van der Waals surface area contributed by atoms with Crippen LogP contribution in [0.5, 0.6) is 0 Å². The minimum atomic E-state index is -0.577. The van der Waals surface area contributed by atoms with Crippen LogP contribution in [0.15, 0.2) is 30.3 Å². The summed E-state index contributed by atoms with van der Waals surface area (Å²) in [6.45, 7) is 4.53. The minimum Gasteiger partial charge on any atom is -0.461 e. The second-order valence-corrected chi connectivity index (χ2v) is 9.88. The van der Waals surface area contributed by atoms with Gasteiger partial charge in [0.05, 0.1) is 0 Å². The highest BCUT2D eigenvalue weighted by atomic mass is 16.5. The van der Waals surface area contributed by atoms with Gasteiger partial charge < -0.3 is 10.5 Å². The number of nitrogens with two attached hydrogens (primary N) is 1. The van der Waals surface area contributed by atoms with Crippen molar-refractivity contribution in [2.75, 3.05) is 0 Å². The molecule has 0 saturated carbocycles. The molecule has 0 aliphatic rings. The Balaban J connectivity index is 2.34. The summed E-state index contributed by atoms with van der Waals surface area (Å²) in [7, 11) is 0. The first kappa shape index (κ1) is 29.7. The first-order valence-corrected chi connectivity index (χ1v) is 14.2. The van der Waals surface area contributed by atoms with Crippen LogP contribution in [-0.2, 0) is 16.0 Å². The van der Waals surface area contributed by atoms with E-state index in [9.17, 15) is 4.79 Å². The summed E-state index contributed by atoms with van der Waals surface area (Å²) >= 11 is 0. The molecule has 1 aromatic carbocycles. The van der Waals surface area contributed by atoms with Gasteiger partial charge in [-0.15, -0.1) is 0 Å². The smallest absolute Gasteiger partial charge is 0.323 e. The van der Waals surface area contributed by atoms with E-state index >= 15 is 0 Å². The molecule has 0 aromatic heterocycles. The Morgan fingerprint density at radius 2 is 1.12 bits per heavy atom. The van der Waals surface area contributed by atoms with Crippen LogP contribution in [-0.4, -0.2) is 18.1 Å². The van der Waals surface area contributed by atoms with Gasteiger partial charge in [-0.1, -0.05) is 134 Å². The van der Waals surface area contributed by atoms with Crippen molar-refractivity contribution in [3.8, 4) is 0 Å². The Morgan fingerprint density at radius 1 is 0.697 bits per heavy atom. The molecule has 1 atom stereocenters. The van der Waals surface area contributed by atoms with E-state index in [1.54, 1.807) is 0 Å². The van der Waals surface area contributed by atoms with Crippen LogP contribution in [0.1, 0.15) is 135 Å². The quantitative estimate of drug-likeness (QED) is 0.140. The van der Waals surface area contributed by atoms with Crippen LogP contribution < -0.4 is 5.73 Å². The number of benzene rings is 1. The molecular weight excluding hydrogens is 406 g/mol. The van der Waals surface area contributed by atoms with Crippen molar-refractivity contribution < 1.29 is 9.53 Å². The topological polar surface area (TPSA) is 52.3 Å². The van der Waals surface area contributed by atoms with E-state index in [1.165, 1.54) is 89.9 Å². The fraction of sp³-hybridized carbons (Fsp3) is 0.767. The summed E-state index contributed by atoms with van der Waals surface area (Å²) < 4.78 is 5.94. The zero-order chi connectivity index (χ0) is 24.0. The van der Waals surface area contributed by atoms with Gasteiger partial charge in [-0.2, -0.15) is 0 Å². The number of rotatable bonds is 22. The van der Waals surface area contributed by atoms with Crippen molar-refractivity contribution >= 4 is 5.97 Å². The molecule has 1 aromatic rings. The van der Waals surface area contributed by atoms with E-state index in [0.29, 0.717) is 6.42 Å². The lowest BCUT2D eigenvalue weighted by Gasteiger charge is -2.20. The van der Waals surface area contributed by atoms with Gasteiger partial charge in [0, 0.05) is 0 Å². The Labute approximate surface area is 205 Å². The fourth-order valence-corrected chi connectivity index (χ4v) is 4.48. The summed E-state index contributed by atoms with van der Waals surface area (Å²) in [4.78, 5) is 12.7. The van der Waals surface area contributed by atoms with Crippen LogP contribution in [0.3, 0.4) is 0 Å². The van der Waals surface area contributed by atoms with Gasteiger partial charge in [0.1, 0.15) is 12.1 Å². The van der Waals surface area contributed by atoms with Gasteiger partial charge >= 0.3 is 5.97 Å². The molecule has 0 heterocycles. The minimum absolute atomic E-state index is 0.0273. The molecule has 33 heavy (non-hydrogen) atoms. The Kier molecular flexibility index (Phi) is 19.1. The van der Waals surface area contributed by atoms with Crippen molar-refractivity contribution in [1.82, 2.24) is 0 Å². The number of unbranched alkanes of at least 4 members (excludes halogenated alkanes) is 14. The lowest BCUT2D eigenvalue weighted by molar-refractivity contribution is -0.151. The third kappa shape index (κ3) is 16.8. The molecule has 3 heteroatoms. The maximum absolute atomic E-state index is 12.7. The highest BCUT2D eigenvalue weighted by Gasteiger charge is 2.20. The summed E-state index contributed by atoms with van der Waals surface area (Å²) in [5, 5.41) is 0. The second-order valence-electron chi connectivity index (χ2n) is 9.88. The Morgan fingerprint density at radius 3 is 1.58 bits per heavy atom. The summed E-state index contributed by atoms with van der Waals surface area (Å²) in [5.41, 5.74) is 7.28. The molecule has 0 radical (unpaired) electrons. The van der Waals surface area contributed by atoms with Crippen molar-refractivity contribution in [1.29, 1.82) is 0 Å². The summed E-state index contributed by atoms with van der Waals surface area (Å²) in [6, 6.07) is 9.42. The summed E-state index contributed by atoms with van der Waals surface area (Å²) in [6.07, 6.45) is 23.4. The molecule has 0 aliphatic heterocycles. The van der Waals surface area contributed by atoms with E-state index < -0.39 is 6.04 Å². The molecule has 3 nitrogen and oxygen atoms in total. The van der Waals surface area contributed by atoms with Gasteiger partial charge in [0.15, 0.2) is 0 Å². The van der Waals surface area contributed by atoms with Crippen LogP contribution in [0.2, 0.25) is 0 Å². The normalized spacial score (nSPS) is 12.2. The lowest BCUT2D eigenvalue weighted by Crippen LogP contribution is -2.36. The van der Waals surface area contributed by atoms with E-state index in [1.807, 2.05) is 30.3 Å². The molecule has 0 aliphatic carbocycles. The number of carbonyl (C=O) groups excluding carboxylic acids is 1. The Bertz CT molecular complexity index is 540. The molecule has 0 bridgehead atoms. The van der Waals surface area contributed by atoms with Crippen LogP contribution >= 0.6 is 0 Å². The molecular formula is C30H53NO2. The van der Waals surface area contributed by atoms with E-state index in [0.717, 1.165) is 31.2 Å². The highest BCUT2D eigenvalue weighted by Crippen LogP contribution is 2.18. The monoisotopic (exact) mass is 459 g/mol. The van der Waals surface area contributed by atoms with E-state index in [4.69, 9.17) is 10.5 Å². The first-order chi connectivity index (χ1) is 16.2. The first-order valence-electron chi connectivity index (χ1n) is 14.2. The van der Waals surface area contributed by atoms with Gasteiger partial charge in [-0.05, 0) is 37.7 Å². The molecule has 190 valence electrons. The zero-order valence-corrected chi connectivity index (χ0v) is 21.9. The average Bonchev–Trinajstić information content (AvgIpc) is 2.82. The predicted octanol–water partition coefficient (Wildman–Crippen LogP) is 8.53. The number of carbonyl (C=O) groups is 1. The maximum atomic E-state index is 12.7. The average molecular weight is 460 g/mol. The highest BCUT2D eigenvalue weighted by molar-refractivity contribution is 5.76. The molecule has 0 spiro atoms. The number of hydrogen-bond acceptors (Lipinski definition) is 3. The number of ether oxygens (including phenoxy) is 1. The van der Waals surface area contributed by atoms with Crippen LogP contribution in [0.25, 0.3) is 0 Å². The number of esters is 1. The lowest BCUT2D eigenvalue weighted by atomic mass is 10.0. The third-order valence-corrected chi connectivity index (χ3v) is 6.64. The molecule has 0 fully saturated rings. The molecule has 0 amide bonds. The van der Waals surface area contributed by atoms with Crippen LogP contribution in [0.4, 0.5) is 0 Å². The van der Waals surface area contributed by atoms with E-state index in [2.05, 4.69) is 13.8 Å². The van der Waals surface area contributed by atoms with Gasteiger partial charge in [0.2, 0.25) is 0 Å². The SMILES string of the molecule is CCCCCCCCCCC(CCCCCCCCCC)OC(=O)[C@@H](N)Cc1ccccc1. The van der Waals surface area contributed by atoms with Crippen molar-refractivity contribution in [2.45, 2.75) is 148 Å². The molecule has 0 unspecified atom stereocenters. The predicted molar refractivity (Wildman–Crippen MR) is 142 cm³/mol. The van der Waals surface area contributed by atoms with Gasteiger partial charge in [0.25, 0.3) is 0 Å². The molecule has 2 N–H and O–H groups in total. The van der Waals surface area contributed by atoms with Gasteiger partial charge in [-0.3, -0.25) is 4.79 Å². The fourth-order valence-electron chi connectivity index (χ4n) is 4.48. The standard InChI is InChI=1S/C30H53NO2/c1-3-5-7-9-11-13-15-20-24-28(25-21-16-14-12-10-8-6-4-2)33-30(32)29(31)26-27-22-18-17-19-23-27/h17-19,22-23,28-29H,3-16,20-21,24-26,31H2,1-2H3/t29-/m0/s1. The Hall–Kier alpha value is -1.35. The van der Waals surface area contributed by atoms with Crippen molar-refractivity contribution in [3.05, 3.63) is 35.9 Å².